The van der Waals surface area contributed by atoms with Gasteiger partial charge in [0, 0.05) is 7.05 Å². The number of thioether (sulfide) groups is 1. The maximum Gasteiger partial charge on any atom is 0.335 e. The van der Waals surface area contributed by atoms with Crippen molar-refractivity contribution < 1.29 is 14.7 Å². The Morgan fingerprint density at radius 1 is 1.20 bits per heavy atom. The third-order valence-corrected chi connectivity index (χ3v) is 4.76. The molecule has 1 aliphatic rings. The molecular formula is C19H16N2O3S. The number of carboxylic acid groups (broad SMARTS) is 1. The van der Waals surface area contributed by atoms with Gasteiger partial charge in [0.05, 0.1) is 16.2 Å². The molecule has 0 radical (unpaired) electrons. The van der Waals surface area contributed by atoms with Crippen LogP contribution in [0.4, 0.5) is 5.69 Å². The highest BCUT2D eigenvalue weighted by atomic mass is 32.2. The molecule has 1 fully saturated rings. The van der Waals surface area contributed by atoms with Gasteiger partial charge in [0.25, 0.3) is 5.91 Å². The fourth-order valence-electron chi connectivity index (χ4n) is 2.28. The van der Waals surface area contributed by atoms with Gasteiger partial charge in [0.15, 0.2) is 5.17 Å². The monoisotopic (exact) mass is 352 g/mol. The minimum Gasteiger partial charge on any atom is -0.478 e. The molecule has 2 aromatic rings. The average Bonchev–Trinajstić information content (AvgIpc) is 2.85. The molecule has 0 bridgehead atoms. The predicted octanol–water partition coefficient (Wildman–Crippen LogP) is 3.93. The van der Waals surface area contributed by atoms with Gasteiger partial charge in [0.1, 0.15) is 0 Å². The minimum absolute atomic E-state index is 0.126. The molecule has 1 N–H and O–H groups in total. The van der Waals surface area contributed by atoms with E-state index in [1.165, 1.54) is 28.8 Å². The van der Waals surface area contributed by atoms with E-state index < -0.39 is 5.97 Å². The first kappa shape index (κ1) is 17.0. The Kier molecular flexibility index (Phi) is 4.72. The molecule has 1 amide bonds. The number of rotatable bonds is 3. The van der Waals surface area contributed by atoms with E-state index >= 15 is 0 Å². The molecule has 2 aromatic carbocycles. The first-order chi connectivity index (χ1) is 11.9. The highest BCUT2D eigenvalue weighted by Gasteiger charge is 2.30. The van der Waals surface area contributed by atoms with Crippen molar-refractivity contribution in [1.82, 2.24) is 4.90 Å². The number of aliphatic imine (C=N–C) groups is 1. The number of carbonyl (C=O) groups excluding carboxylic acids is 1. The van der Waals surface area contributed by atoms with Crippen molar-refractivity contribution in [3.8, 4) is 0 Å². The highest BCUT2D eigenvalue weighted by molar-refractivity contribution is 8.18. The molecule has 25 heavy (non-hydrogen) atoms. The number of nitrogens with zero attached hydrogens (tertiary/aromatic N) is 2. The third kappa shape index (κ3) is 3.80. The van der Waals surface area contributed by atoms with Crippen LogP contribution in [0, 0.1) is 6.92 Å². The summed E-state index contributed by atoms with van der Waals surface area (Å²) >= 11 is 1.28. The van der Waals surface area contributed by atoms with Gasteiger partial charge in [-0.1, -0.05) is 35.9 Å². The Morgan fingerprint density at radius 3 is 2.60 bits per heavy atom. The van der Waals surface area contributed by atoms with Gasteiger partial charge < -0.3 is 5.11 Å². The first-order valence-corrected chi connectivity index (χ1v) is 8.42. The molecule has 0 aromatic heterocycles. The van der Waals surface area contributed by atoms with Crippen molar-refractivity contribution >= 4 is 40.6 Å². The summed E-state index contributed by atoms with van der Waals surface area (Å²) in [6.07, 6.45) is 1.83. The summed E-state index contributed by atoms with van der Waals surface area (Å²) in [6.45, 7) is 2.01. The lowest BCUT2D eigenvalue weighted by Crippen LogP contribution is -2.23. The minimum atomic E-state index is -1.01. The Bertz CT molecular complexity index is 901. The van der Waals surface area contributed by atoms with Gasteiger partial charge in [-0.2, -0.15) is 0 Å². The zero-order valence-corrected chi connectivity index (χ0v) is 14.6. The van der Waals surface area contributed by atoms with Crippen LogP contribution in [0.5, 0.6) is 0 Å². The van der Waals surface area contributed by atoms with Gasteiger partial charge in [-0.3, -0.25) is 9.69 Å². The summed E-state index contributed by atoms with van der Waals surface area (Å²) in [5.41, 5.74) is 2.77. The van der Waals surface area contributed by atoms with Crippen molar-refractivity contribution in [3.63, 3.8) is 0 Å². The number of hydrogen-bond acceptors (Lipinski definition) is 4. The highest BCUT2D eigenvalue weighted by Crippen LogP contribution is 2.33. The van der Waals surface area contributed by atoms with E-state index in [0.717, 1.165) is 11.1 Å². The van der Waals surface area contributed by atoms with Crippen LogP contribution in [0.2, 0.25) is 0 Å². The second kappa shape index (κ2) is 6.94. The van der Waals surface area contributed by atoms with E-state index in [4.69, 9.17) is 5.11 Å². The SMILES string of the molecule is Cc1ccc(/C=C2/SC(=Nc3cccc(C(=O)O)c3)N(C)C2=O)cc1. The average molecular weight is 352 g/mol. The van der Waals surface area contributed by atoms with Crippen LogP contribution in [-0.2, 0) is 4.79 Å². The molecule has 3 rings (SSSR count). The molecule has 0 spiro atoms. The summed E-state index contributed by atoms with van der Waals surface area (Å²) in [7, 11) is 1.66. The third-order valence-electron chi connectivity index (χ3n) is 3.70. The molecule has 0 aliphatic carbocycles. The number of amidine groups is 1. The molecule has 0 saturated carbocycles. The predicted molar refractivity (Wildman–Crippen MR) is 100 cm³/mol. The Hall–Kier alpha value is -2.86. The van der Waals surface area contributed by atoms with Crippen LogP contribution >= 0.6 is 11.8 Å². The summed E-state index contributed by atoms with van der Waals surface area (Å²) in [6, 6.07) is 14.2. The second-order valence-corrected chi connectivity index (χ2v) is 6.64. The van der Waals surface area contributed by atoms with Crippen molar-refractivity contribution in [3.05, 3.63) is 70.1 Å². The maximum atomic E-state index is 12.4. The quantitative estimate of drug-likeness (QED) is 0.850. The number of amides is 1. The summed E-state index contributed by atoms with van der Waals surface area (Å²) in [5.74, 6) is -1.13. The summed E-state index contributed by atoms with van der Waals surface area (Å²) in [5, 5.41) is 9.58. The van der Waals surface area contributed by atoms with E-state index in [2.05, 4.69) is 4.99 Å². The van der Waals surface area contributed by atoms with Crippen molar-refractivity contribution in [2.45, 2.75) is 6.92 Å². The lowest BCUT2D eigenvalue weighted by atomic mass is 10.1. The van der Waals surface area contributed by atoms with Crippen LogP contribution in [0.25, 0.3) is 6.08 Å². The van der Waals surface area contributed by atoms with E-state index in [1.54, 1.807) is 19.2 Å². The number of benzene rings is 2. The number of aryl methyl sites for hydroxylation is 1. The molecule has 126 valence electrons. The van der Waals surface area contributed by atoms with Crippen LogP contribution in [0.3, 0.4) is 0 Å². The summed E-state index contributed by atoms with van der Waals surface area (Å²) in [4.78, 5) is 29.9. The number of carboxylic acids is 1. The van der Waals surface area contributed by atoms with Crippen LogP contribution in [0.1, 0.15) is 21.5 Å². The van der Waals surface area contributed by atoms with Crippen LogP contribution in [0.15, 0.2) is 58.4 Å². The fraction of sp³-hybridized carbons (Fsp3) is 0.105. The molecule has 0 unspecified atom stereocenters. The molecular weight excluding hydrogens is 336 g/mol. The van der Waals surface area contributed by atoms with Gasteiger partial charge in [-0.15, -0.1) is 0 Å². The smallest absolute Gasteiger partial charge is 0.335 e. The largest absolute Gasteiger partial charge is 0.478 e. The topological polar surface area (TPSA) is 70.0 Å². The van der Waals surface area contributed by atoms with Gasteiger partial charge in [-0.05, 0) is 48.5 Å². The Morgan fingerprint density at radius 2 is 1.92 bits per heavy atom. The number of likely N-dealkylation sites (N-methyl/N-ethyl adjacent to an activating group) is 1. The normalized spacial score (nSPS) is 17.5. The Labute approximate surface area is 149 Å². The van der Waals surface area contributed by atoms with Crippen molar-refractivity contribution in [1.29, 1.82) is 0 Å². The van der Waals surface area contributed by atoms with E-state index in [-0.39, 0.29) is 11.5 Å². The van der Waals surface area contributed by atoms with Crippen molar-refractivity contribution in [2.24, 2.45) is 4.99 Å². The zero-order valence-electron chi connectivity index (χ0n) is 13.8. The molecule has 6 heteroatoms. The molecule has 0 atom stereocenters. The zero-order chi connectivity index (χ0) is 18.0. The summed E-state index contributed by atoms with van der Waals surface area (Å²) < 4.78 is 0. The number of carbonyl (C=O) groups is 2. The first-order valence-electron chi connectivity index (χ1n) is 7.60. The lowest BCUT2D eigenvalue weighted by Gasteiger charge is -2.07. The number of aromatic carboxylic acids is 1. The molecule has 1 aliphatic heterocycles. The number of hydrogen-bond donors (Lipinski definition) is 1. The lowest BCUT2D eigenvalue weighted by molar-refractivity contribution is -0.121. The van der Waals surface area contributed by atoms with Gasteiger partial charge in [-0.25, -0.2) is 9.79 Å². The van der Waals surface area contributed by atoms with E-state index in [1.807, 2.05) is 37.3 Å². The Balaban J connectivity index is 1.89. The standard InChI is InChI=1S/C19H16N2O3S/c1-12-6-8-13(9-7-12)10-16-17(22)21(2)19(25-16)20-15-5-3-4-14(11-15)18(23)24/h3-11H,1-2H3,(H,23,24)/b16-10+,20-19?. The second-order valence-electron chi connectivity index (χ2n) is 5.64. The maximum absolute atomic E-state index is 12.4. The van der Waals surface area contributed by atoms with Gasteiger partial charge in [0.2, 0.25) is 0 Å². The molecule has 1 saturated heterocycles. The fourth-order valence-corrected chi connectivity index (χ4v) is 3.27. The molecule has 5 nitrogen and oxygen atoms in total. The molecule has 1 heterocycles. The van der Waals surface area contributed by atoms with Crippen LogP contribution < -0.4 is 0 Å². The van der Waals surface area contributed by atoms with Gasteiger partial charge >= 0.3 is 5.97 Å². The van der Waals surface area contributed by atoms with E-state index in [0.29, 0.717) is 15.8 Å². The van der Waals surface area contributed by atoms with Crippen molar-refractivity contribution in [2.75, 3.05) is 7.05 Å². The van der Waals surface area contributed by atoms with E-state index in [9.17, 15) is 9.59 Å². The van der Waals surface area contributed by atoms with Crippen LogP contribution in [-0.4, -0.2) is 34.1 Å².